The summed E-state index contributed by atoms with van der Waals surface area (Å²) in [5.41, 5.74) is -1.19. The topological polar surface area (TPSA) is 75.6 Å². The summed E-state index contributed by atoms with van der Waals surface area (Å²) in [5.74, 6) is -1.39. The van der Waals surface area contributed by atoms with Crippen molar-refractivity contribution in [2.75, 3.05) is 13.2 Å². The van der Waals surface area contributed by atoms with Crippen LogP contribution in [-0.2, 0) is 14.3 Å². The largest absolute Gasteiger partial charge is 0.480 e. The molecule has 1 amide bonds. The number of ether oxygens (including phenoxy) is 1. The number of rotatable bonds is 9. The number of hydrogen-bond acceptors (Lipinski definition) is 3. The Morgan fingerprint density at radius 3 is 2.41 bits per heavy atom. The van der Waals surface area contributed by atoms with E-state index in [1.54, 1.807) is 0 Å². The minimum absolute atomic E-state index is 0.0768. The van der Waals surface area contributed by atoms with Gasteiger partial charge < -0.3 is 15.2 Å². The average Bonchev–Trinajstić information content (AvgIpc) is 2.24. The molecule has 0 aromatic rings. The molecule has 0 saturated heterocycles. The number of unbranched alkanes of at least 4 members (excludes halogenated alkanes) is 1. The molecule has 0 rings (SSSR count). The smallest absolute Gasteiger partial charge is 0.329 e. The maximum Gasteiger partial charge on any atom is 0.329 e. The molecule has 0 aliphatic heterocycles. The van der Waals surface area contributed by atoms with E-state index in [0.717, 1.165) is 12.8 Å². The van der Waals surface area contributed by atoms with Crippen LogP contribution in [0.25, 0.3) is 0 Å². The lowest BCUT2D eigenvalue weighted by Gasteiger charge is -2.25. The Kier molecular flexibility index (Phi) is 7.54. The highest BCUT2D eigenvalue weighted by atomic mass is 16.5. The van der Waals surface area contributed by atoms with Crippen LogP contribution in [0.15, 0.2) is 0 Å². The van der Waals surface area contributed by atoms with Crippen LogP contribution in [0.4, 0.5) is 0 Å². The van der Waals surface area contributed by atoms with Crippen LogP contribution in [0, 0.1) is 0 Å². The first-order valence-corrected chi connectivity index (χ1v) is 6.08. The highest BCUT2D eigenvalue weighted by Crippen LogP contribution is 2.12. The molecule has 0 aliphatic carbocycles. The molecule has 0 bridgehead atoms. The molecule has 0 unspecified atom stereocenters. The Labute approximate surface area is 103 Å². The molecule has 100 valence electrons. The summed E-state index contributed by atoms with van der Waals surface area (Å²) in [6.45, 7) is 5.88. The number of carboxylic acids is 1. The maximum absolute atomic E-state index is 11.5. The molecule has 17 heavy (non-hydrogen) atoms. The van der Waals surface area contributed by atoms with Crippen molar-refractivity contribution in [2.24, 2.45) is 0 Å². The maximum atomic E-state index is 11.5. The van der Waals surface area contributed by atoms with E-state index in [1.165, 1.54) is 6.92 Å². The zero-order valence-electron chi connectivity index (χ0n) is 10.9. The van der Waals surface area contributed by atoms with Gasteiger partial charge >= 0.3 is 5.97 Å². The molecule has 2 N–H and O–H groups in total. The summed E-state index contributed by atoms with van der Waals surface area (Å²) >= 11 is 0. The second-order valence-electron chi connectivity index (χ2n) is 4.34. The normalized spacial score (nSPS) is 14.1. The summed E-state index contributed by atoms with van der Waals surface area (Å²) in [6.07, 6.45) is 3.01. The van der Waals surface area contributed by atoms with Crippen molar-refractivity contribution in [2.45, 2.75) is 52.0 Å². The van der Waals surface area contributed by atoms with Gasteiger partial charge in [0.15, 0.2) is 0 Å². The first-order valence-electron chi connectivity index (χ1n) is 6.08. The van der Waals surface area contributed by atoms with Crippen LogP contribution in [-0.4, -0.2) is 35.7 Å². The van der Waals surface area contributed by atoms with E-state index in [1.807, 2.05) is 13.8 Å². The second kappa shape index (κ2) is 8.06. The predicted molar refractivity (Wildman–Crippen MR) is 64.8 cm³/mol. The van der Waals surface area contributed by atoms with Crippen LogP contribution in [0.5, 0.6) is 0 Å². The van der Waals surface area contributed by atoms with Crippen molar-refractivity contribution >= 4 is 11.9 Å². The quantitative estimate of drug-likeness (QED) is 0.604. The molecule has 5 nitrogen and oxygen atoms in total. The molecule has 0 aromatic heterocycles. The third-order valence-electron chi connectivity index (χ3n) is 2.51. The molecular weight excluding hydrogens is 222 g/mol. The fraction of sp³-hybridized carbons (Fsp3) is 0.833. The lowest BCUT2D eigenvalue weighted by atomic mass is 9.96. The lowest BCUT2D eigenvalue weighted by Crippen LogP contribution is -2.53. The van der Waals surface area contributed by atoms with E-state index in [4.69, 9.17) is 9.84 Å². The number of aliphatic carboxylic acids is 1. The zero-order valence-corrected chi connectivity index (χ0v) is 10.9. The van der Waals surface area contributed by atoms with Crippen LogP contribution < -0.4 is 5.32 Å². The van der Waals surface area contributed by atoms with E-state index in [2.05, 4.69) is 5.32 Å². The third-order valence-corrected chi connectivity index (χ3v) is 2.51. The Balaban J connectivity index is 4.09. The highest BCUT2D eigenvalue weighted by Gasteiger charge is 2.33. The fourth-order valence-corrected chi connectivity index (χ4v) is 1.48. The van der Waals surface area contributed by atoms with Crippen molar-refractivity contribution in [3.63, 3.8) is 0 Å². The van der Waals surface area contributed by atoms with Gasteiger partial charge in [-0.2, -0.15) is 0 Å². The minimum Gasteiger partial charge on any atom is -0.480 e. The van der Waals surface area contributed by atoms with Gasteiger partial charge in [0, 0.05) is 6.61 Å². The van der Waals surface area contributed by atoms with Crippen LogP contribution in [0.1, 0.15) is 46.5 Å². The summed E-state index contributed by atoms with van der Waals surface area (Å²) in [5, 5.41) is 11.6. The van der Waals surface area contributed by atoms with Gasteiger partial charge in [-0.3, -0.25) is 4.79 Å². The number of amides is 1. The Hall–Kier alpha value is -1.10. The Bertz CT molecular complexity index is 255. The summed E-state index contributed by atoms with van der Waals surface area (Å²) in [6, 6.07) is 0. The molecule has 0 radical (unpaired) electrons. The molecule has 0 aromatic carbocycles. The standard InChI is InChI=1S/C12H23NO4/c1-4-6-8-17-9-10(14)13-12(3,7-5-2)11(15)16/h4-9H2,1-3H3,(H,13,14)(H,15,16)/t12-/m0/s1. The predicted octanol–water partition coefficient (Wildman–Crippen LogP) is 1.56. The molecule has 1 atom stereocenters. The summed E-state index contributed by atoms with van der Waals surface area (Å²) < 4.78 is 5.13. The second-order valence-corrected chi connectivity index (χ2v) is 4.34. The number of hydrogen-bond donors (Lipinski definition) is 2. The summed E-state index contributed by atoms with van der Waals surface area (Å²) in [4.78, 5) is 22.6. The van der Waals surface area contributed by atoms with Gasteiger partial charge in [0.25, 0.3) is 0 Å². The van der Waals surface area contributed by atoms with E-state index < -0.39 is 11.5 Å². The first-order chi connectivity index (χ1) is 7.96. The molecule has 0 heterocycles. The van der Waals surface area contributed by atoms with Gasteiger partial charge in [0.2, 0.25) is 5.91 Å². The van der Waals surface area contributed by atoms with Gasteiger partial charge in [-0.15, -0.1) is 0 Å². The van der Waals surface area contributed by atoms with Crippen molar-refractivity contribution < 1.29 is 19.4 Å². The van der Waals surface area contributed by atoms with Crippen molar-refractivity contribution in [1.29, 1.82) is 0 Å². The number of nitrogens with one attached hydrogen (secondary N) is 1. The highest BCUT2D eigenvalue weighted by molar-refractivity contribution is 5.87. The molecule has 0 saturated carbocycles. The number of carbonyl (C=O) groups excluding carboxylic acids is 1. The number of carbonyl (C=O) groups is 2. The molecule has 0 spiro atoms. The third kappa shape index (κ3) is 6.26. The van der Waals surface area contributed by atoms with Gasteiger partial charge in [0.1, 0.15) is 12.1 Å². The fourth-order valence-electron chi connectivity index (χ4n) is 1.48. The lowest BCUT2D eigenvalue weighted by molar-refractivity contribution is -0.148. The molecule has 0 aliphatic rings. The van der Waals surface area contributed by atoms with Crippen molar-refractivity contribution in [3.05, 3.63) is 0 Å². The first kappa shape index (κ1) is 15.9. The van der Waals surface area contributed by atoms with Crippen LogP contribution in [0.3, 0.4) is 0 Å². The minimum atomic E-state index is -1.19. The van der Waals surface area contributed by atoms with Gasteiger partial charge in [-0.05, 0) is 19.8 Å². The SMILES string of the molecule is CCCCOCC(=O)N[C@@](C)(CCC)C(=O)O. The zero-order chi connectivity index (χ0) is 13.3. The van der Waals surface area contributed by atoms with E-state index >= 15 is 0 Å². The average molecular weight is 245 g/mol. The van der Waals surface area contributed by atoms with E-state index in [-0.39, 0.29) is 12.5 Å². The van der Waals surface area contributed by atoms with E-state index in [9.17, 15) is 9.59 Å². The van der Waals surface area contributed by atoms with Crippen molar-refractivity contribution in [1.82, 2.24) is 5.32 Å². The monoisotopic (exact) mass is 245 g/mol. The molecular formula is C12H23NO4. The van der Waals surface area contributed by atoms with Crippen molar-refractivity contribution in [3.8, 4) is 0 Å². The van der Waals surface area contributed by atoms with Crippen LogP contribution >= 0.6 is 0 Å². The summed E-state index contributed by atoms with van der Waals surface area (Å²) in [7, 11) is 0. The van der Waals surface area contributed by atoms with Crippen LogP contribution in [0.2, 0.25) is 0 Å². The molecule has 0 fully saturated rings. The molecule has 5 heteroatoms. The van der Waals surface area contributed by atoms with E-state index in [0.29, 0.717) is 19.4 Å². The Morgan fingerprint density at radius 2 is 1.94 bits per heavy atom. The van der Waals surface area contributed by atoms with Gasteiger partial charge in [0.05, 0.1) is 0 Å². The van der Waals surface area contributed by atoms with Gasteiger partial charge in [-0.1, -0.05) is 26.7 Å². The van der Waals surface area contributed by atoms with Gasteiger partial charge in [-0.25, -0.2) is 4.79 Å². The number of carboxylic acid groups (broad SMARTS) is 1. The Morgan fingerprint density at radius 1 is 1.29 bits per heavy atom.